The SMILES string of the molecule is S=C1CCc2ccc(Br)cc2N1. The molecule has 3 heteroatoms. The van der Waals surface area contributed by atoms with E-state index in [0.717, 1.165) is 28.0 Å². The van der Waals surface area contributed by atoms with Gasteiger partial charge in [-0.05, 0) is 24.1 Å². The Morgan fingerprint density at radius 2 is 2.17 bits per heavy atom. The highest BCUT2D eigenvalue weighted by Crippen LogP contribution is 2.26. The number of rotatable bonds is 0. The average Bonchev–Trinajstić information content (AvgIpc) is 2.03. The summed E-state index contributed by atoms with van der Waals surface area (Å²) in [6.07, 6.45) is 2.04. The molecule has 1 aliphatic heterocycles. The number of halogens is 1. The van der Waals surface area contributed by atoms with Crippen LogP contribution in [-0.2, 0) is 6.42 Å². The summed E-state index contributed by atoms with van der Waals surface area (Å²) >= 11 is 8.53. The molecule has 0 atom stereocenters. The van der Waals surface area contributed by atoms with E-state index in [2.05, 4.69) is 39.4 Å². The lowest BCUT2D eigenvalue weighted by Crippen LogP contribution is -2.16. The van der Waals surface area contributed by atoms with Gasteiger partial charge in [-0.2, -0.15) is 0 Å². The Morgan fingerprint density at radius 3 is 3.00 bits per heavy atom. The first-order chi connectivity index (χ1) is 5.75. The van der Waals surface area contributed by atoms with Crippen LogP contribution in [0.2, 0.25) is 0 Å². The average molecular weight is 242 g/mol. The van der Waals surface area contributed by atoms with Crippen molar-refractivity contribution in [2.45, 2.75) is 12.8 Å². The van der Waals surface area contributed by atoms with Gasteiger partial charge in [-0.3, -0.25) is 0 Å². The van der Waals surface area contributed by atoms with Gasteiger partial charge in [-0.15, -0.1) is 0 Å². The number of hydrogen-bond acceptors (Lipinski definition) is 1. The predicted molar refractivity (Wildman–Crippen MR) is 58.7 cm³/mol. The number of benzene rings is 1. The molecule has 0 radical (unpaired) electrons. The molecule has 0 aliphatic carbocycles. The van der Waals surface area contributed by atoms with Crippen LogP contribution in [0.5, 0.6) is 0 Å². The van der Waals surface area contributed by atoms with Gasteiger partial charge in [-0.1, -0.05) is 34.2 Å². The summed E-state index contributed by atoms with van der Waals surface area (Å²) in [4.78, 5) is 0.945. The molecule has 0 amide bonds. The van der Waals surface area contributed by atoms with Crippen LogP contribution in [0.3, 0.4) is 0 Å². The summed E-state index contributed by atoms with van der Waals surface area (Å²) in [6, 6.07) is 6.27. The molecule has 0 fully saturated rings. The van der Waals surface area contributed by atoms with E-state index in [1.165, 1.54) is 5.56 Å². The molecule has 1 N–H and O–H groups in total. The van der Waals surface area contributed by atoms with Crippen LogP contribution >= 0.6 is 28.1 Å². The van der Waals surface area contributed by atoms with E-state index in [1.54, 1.807) is 0 Å². The van der Waals surface area contributed by atoms with Gasteiger partial charge in [0, 0.05) is 16.6 Å². The molecule has 0 saturated carbocycles. The maximum absolute atomic E-state index is 5.10. The molecule has 2 rings (SSSR count). The first-order valence-electron chi connectivity index (χ1n) is 3.84. The van der Waals surface area contributed by atoms with Crippen molar-refractivity contribution >= 4 is 38.8 Å². The Kier molecular flexibility index (Phi) is 2.15. The molecule has 12 heavy (non-hydrogen) atoms. The minimum absolute atomic E-state index is 0.945. The van der Waals surface area contributed by atoms with E-state index in [0.29, 0.717) is 0 Å². The Morgan fingerprint density at radius 1 is 1.33 bits per heavy atom. The maximum Gasteiger partial charge on any atom is 0.0800 e. The summed E-state index contributed by atoms with van der Waals surface area (Å²) in [6.45, 7) is 0. The maximum atomic E-state index is 5.10. The summed E-state index contributed by atoms with van der Waals surface area (Å²) in [5, 5.41) is 3.20. The van der Waals surface area contributed by atoms with Crippen molar-refractivity contribution < 1.29 is 0 Å². The third kappa shape index (κ3) is 1.52. The predicted octanol–water partition coefficient (Wildman–Crippen LogP) is 3.13. The van der Waals surface area contributed by atoms with Crippen molar-refractivity contribution in [1.29, 1.82) is 0 Å². The van der Waals surface area contributed by atoms with Crippen molar-refractivity contribution in [3.05, 3.63) is 28.2 Å². The molecule has 62 valence electrons. The second-order valence-corrected chi connectivity index (χ2v) is 4.26. The fraction of sp³-hybridized carbons (Fsp3) is 0.222. The lowest BCUT2D eigenvalue weighted by atomic mass is 10.0. The van der Waals surface area contributed by atoms with E-state index in [9.17, 15) is 0 Å². The van der Waals surface area contributed by atoms with Crippen molar-refractivity contribution in [3.63, 3.8) is 0 Å². The largest absolute Gasteiger partial charge is 0.350 e. The van der Waals surface area contributed by atoms with Gasteiger partial charge in [0.1, 0.15) is 0 Å². The summed E-state index contributed by atoms with van der Waals surface area (Å²) < 4.78 is 1.10. The highest BCUT2D eigenvalue weighted by Gasteiger charge is 2.11. The highest BCUT2D eigenvalue weighted by molar-refractivity contribution is 9.10. The number of anilines is 1. The topological polar surface area (TPSA) is 12.0 Å². The lowest BCUT2D eigenvalue weighted by molar-refractivity contribution is 1.03. The Hall–Kier alpha value is -0.410. The molecular formula is C9H8BrNS. The monoisotopic (exact) mass is 241 g/mol. The van der Waals surface area contributed by atoms with Crippen LogP contribution in [0, 0.1) is 0 Å². The number of hydrogen-bond donors (Lipinski definition) is 1. The van der Waals surface area contributed by atoms with E-state index < -0.39 is 0 Å². The fourth-order valence-electron chi connectivity index (χ4n) is 1.34. The third-order valence-electron chi connectivity index (χ3n) is 1.97. The van der Waals surface area contributed by atoms with Gasteiger partial charge in [0.25, 0.3) is 0 Å². The van der Waals surface area contributed by atoms with Gasteiger partial charge in [0.05, 0.1) is 4.99 Å². The highest BCUT2D eigenvalue weighted by atomic mass is 79.9. The van der Waals surface area contributed by atoms with E-state index in [1.807, 2.05) is 0 Å². The van der Waals surface area contributed by atoms with Crippen LogP contribution in [0.15, 0.2) is 22.7 Å². The van der Waals surface area contributed by atoms with Crippen molar-refractivity contribution in [2.24, 2.45) is 0 Å². The minimum atomic E-state index is 0.945. The lowest BCUT2D eigenvalue weighted by Gasteiger charge is -2.18. The van der Waals surface area contributed by atoms with Crippen molar-refractivity contribution in [3.8, 4) is 0 Å². The molecular weight excluding hydrogens is 234 g/mol. The second kappa shape index (κ2) is 3.15. The summed E-state index contributed by atoms with van der Waals surface area (Å²) in [5.74, 6) is 0. The molecule has 1 aromatic rings. The Bertz CT molecular complexity index is 335. The molecule has 1 aliphatic rings. The molecule has 0 unspecified atom stereocenters. The molecule has 1 aromatic carbocycles. The molecule has 1 nitrogen and oxygen atoms in total. The van der Waals surface area contributed by atoms with Gasteiger partial charge in [0.15, 0.2) is 0 Å². The number of nitrogens with one attached hydrogen (secondary N) is 1. The molecule has 0 spiro atoms. The first kappa shape index (κ1) is 8.20. The minimum Gasteiger partial charge on any atom is -0.350 e. The second-order valence-electron chi connectivity index (χ2n) is 2.85. The zero-order valence-electron chi connectivity index (χ0n) is 6.43. The molecule has 1 heterocycles. The smallest absolute Gasteiger partial charge is 0.0800 e. The van der Waals surface area contributed by atoms with E-state index >= 15 is 0 Å². The number of fused-ring (bicyclic) bond motifs is 1. The Labute approximate surface area is 85.3 Å². The van der Waals surface area contributed by atoms with Crippen molar-refractivity contribution in [1.82, 2.24) is 0 Å². The van der Waals surface area contributed by atoms with E-state index in [4.69, 9.17) is 12.2 Å². The number of thiocarbonyl (C=S) groups is 1. The third-order valence-corrected chi connectivity index (χ3v) is 2.77. The normalized spacial score (nSPS) is 15.2. The fourth-order valence-corrected chi connectivity index (χ4v) is 1.92. The first-order valence-corrected chi connectivity index (χ1v) is 5.04. The standard InChI is InChI=1S/C9H8BrNS/c10-7-3-1-6-2-4-9(12)11-8(6)5-7/h1,3,5H,2,4H2,(H,11,12). The van der Waals surface area contributed by atoms with Crippen LogP contribution in [0.1, 0.15) is 12.0 Å². The van der Waals surface area contributed by atoms with Gasteiger partial charge < -0.3 is 5.32 Å². The summed E-state index contributed by atoms with van der Waals surface area (Å²) in [7, 11) is 0. The van der Waals surface area contributed by atoms with Crippen LogP contribution in [0.4, 0.5) is 5.69 Å². The Balaban J connectivity index is 2.44. The zero-order chi connectivity index (χ0) is 8.55. The molecule has 0 aromatic heterocycles. The van der Waals surface area contributed by atoms with Crippen LogP contribution in [0.25, 0.3) is 0 Å². The van der Waals surface area contributed by atoms with Gasteiger partial charge >= 0.3 is 0 Å². The molecule has 0 saturated heterocycles. The van der Waals surface area contributed by atoms with Gasteiger partial charge in [0.2, 0.25) is 0 Å². The summed E-state index contributed by atoms with van der Waals surface area (Å²) in [5.41, 5.74) is 2.51. The van der Waals surface area contributed by atoms with Crippen LogP contribution < -0.4 is 5.32 Å². The van der Waals surface area contributed by atoms with E-state index in [-0.39, 0.29) is 0 Å². The van der Waals surface area contributed by atoms with Gasteiger partial charge in [-0.25, -0.2) is 0 Å². The number of aryl methyl sites for hydroxylation is 1. The van der Waals surface area contributed by atoms with Crippen molar-refractivity contribution in [2.75, 3.05) is 5.32 Å². The van der Waals surface area contributed by atoms with Crippen LogP contribution in [-0.4, -0.2) is 4.99 Å². The quantitative estimate of drug-likeness (QED) is 0.701. The zero-order valence-corrected chi connectivity index (χ0v) is 8.83. The molecule has 0 bridgehead atoms.